The van der Waals surface area contributed by atoms with Crippen LogP contribution in [0.5, 0.6) is 5.75 Å². The van der Waals surface area contributed by atoms with Crippen molar-refractivity contribution >= 4 is 34.6 Å². The normalized spacial score (nSPS) is 19.8. The molecule has 2 aromatic carbocycles. The van der Waals surface area contributed by atoms with E-state index in [0.29, 0.717) is 16.2 Å². The van der Waals surface area contributed by atoms with Crippen molar-refractivity contribution in [3.05, 3.63) is 101 Å². The molecule has 0 unspecified atom stereocenters. The van der Waals surface area contributed by atoms with Crippen LogP contribution in [0.1, 0.15) is 54.8 Å². The Labute approximate surface area is 227 Å². The van der Waals surface area contributed by atoms with E-state index in [4.69, 9.17) is 33.0 Å². The summed E-state index contributed by atoms with van der Waals surface area (Å²) in [6.45, 7) is 2.05. The van der Waals surface area contributed by atoms with Crippen LogP contribution in [0, 0.1) is 6.92 Å². The summed E-state index contributed by atoms with van der Waals surface area (Å²) in [7, 11) is 0. The topological polar surface area (TPSA) is 50.5 Å². The second-order valence-corrected chi connectivity index (χ2v) is 10.5. The summed E-state index contributed by atoms with van der Waals surface area (Å²) in [4.78, 5) is 6.75. The number of benzene rings is 2. The predicted molar refractivity (Wildman–Crippen MR) is 151 cm³/mol. The maximum absolute atomic E-state index is 6.50. The van der Waals surface area contributed by atoms with E-state index >= 15 is 0 Å². The van der Waals surface area contributed by atoms with Crippen molar-refractivity contribution in [3.8, 4) is 17.1 Å². The molecule has 1 N–H and O–H groups in total. The minimum absolute atomic E-state index is 0.178. The van der Waals surface area contributed by atoms with Gasteiger partial charge in [0, 0.05) is 22.5 Å². The number of ether oxygens (including phenoxy) is 1. The van der Waals surface area contributed by atoms with Crippen molar-refractivity contribution < 1.29 is 9.15 Å². The molecule has 2 aliphatic rings. The Hall–Kier alpha value is -3.35. The molecule has 0 radical (unpaired) electrons. The second kappa shape index (κ2) is 10.2. The van der Waals surface area contributed by atoms with Crippen molar-refractivity contribution in [3.63, 3.8) is 0 Å². The molecule has 0 amide bonds. The number of hydrogen-bond donors (Lipinski definition) is 1. The highest BCUT2D eigenvalue weighted by Gasteiger charge is 2.42. The molecule has 1 aliphatic carbocycles. The van der Waals surface area contributed by atoms with E-state index in [0.717, 1.165) is 52.6 Å². The van der Waals surface area contributed by atoms with E-state index < -0.39 is 0 Å². The Morgan fingerprint density at radius 3 is 2.59 bits per heavy atom. The van der Waals surface area contributed by atoms with Gasteiger partial charge < -0.3 is 19.4 Å². The molecule has 0 bridgehead atoms. The van der Waals surface area contributed by atoms with Crippen molar-refractivity contribution in [1.29, 1.82) is 0 Å². The maximum atomic E-state index is 6.50. The molecule has 6 rings (SSSR count). The average molecular weight is 530 g/mol. The average Bonchev–Trinajstić information content (AvgIpc) is 3.67. The van der Waals surface area contributed by atoms with Gasteiger partial charge >= 0.3 is 0 Å². The number of nitrogens with zero attached hydrogens (tertiary/aromatic N) is 2. The highest BCUT2D eigenvalue weighted by atomic mass is 35.5. The molecule has 2 atom stereocenters. The highest BCUT2D eigenvalue weighted by Crippen LogP contribution is 2.43. The molecule has 3 heterocycles. The van der Waals surface area contributed by atoms with Gasteiger partial charge in [-0.25, -0.2) is 0 Å². The summed E-state index contributed by atoms with van der Waals surface area (Å²) in [6, 6.07) is 23.6. The molecule has 5 nitrogen and oxygen atoms in total. The van der Waals surface area contributed by atoms with Gasteiger partial charge in [0.15, 0.2) is 5.11 Å². The summed E-state index contributed by atoms with van der Waals surface area (Å²) < 4.78 is 12.7. The zero-order valence-electron chi connectivity index (χ0n) is 20.6. The van der Waals surface area contributed by atoms with Crippen LogP contribution in [0.3, 0.4) is 0 Å². The van der Waals surface area contributed by atoms with Gasteiger partial charge in [0.25, 0.3) is 0 Å². The van der Waals surface area contributed by atoms with Crippen LogP contribution in [0.2, 0.25) is 5.02 Å². The minimum Gasteiger partial charge on any atom is -0.490 e. The molecular weight excluding hydrogens is 502 g/mol. The number of hydrogen-bond acceptors (Lipinski definition) is 4. The number of nitrogens with one attached hydrogen (secondary N) is 1. The van der Waals surface area contributed by atoms with Crippen molar-refractivity contribution in [2.24, 2.45) is 0 Å². The summed E-state index contributed by atoms with van der Waals surface area (Å²) in [5.41, 5.74) is 3.94. The third-order valence-electron chi connectivity index (χ3n) is 7.20. The van der Waals surface area contributed by atoms with Crippen molar-refractivity contribution in [2.75, 3.05) is 4.90 Å². The highest BCUT2D eigenvalue weighted by molar-refractivity contribution is 7.80. The van der Waals surface area contributed by atoms with Crippen LogP contribution in [0.25, 0.3) is 11.3 Å². The largest absolute Gasteiger partial charge is 0.490 e. The van der Waals surface area contributed by atoms with Gasteiger partial charge in [0.05, 0.1) is 17.8 Å². The van der Waals surface area contributed by atoms with E-state index in [-0.39, 0.29) is 12.1 Å². The Bertz CT molecular complexity index is 1400. The molecule has 2 fully saturated rings. The first-order valence-corrected chi connectivity index (χ1v) is 13.5. The lowest BCUT2D eigenvalue weighted by molar-refractivity contribution is 0.210. The van der Waals surface area contributed by atoms with Gasteiger partial charge in [0.1, 0.15) is 23.3 Å². The number of halogens is 1. The standard InChI is InChI=1S/C30H28ClN3O2S/c1-19-9-10-20(31)18-24(19)26-15-16-27(36-26)29-28(25-8-4-5-17-32-25)33-30(37)34(29)21-11-13-23(14-12-21)35-22-6-2-3-7-22/h4-5,8-18,22,28-29H,2-3,6-7H2,1H3,(H,33,37)/t28-,29+/m0/s1. The van der Waals surface area contributed by atoms with Crippen LogP contribution >= 0.6 is 23.8 Å². The third kappa shape index (κ3) is 4.83. The minimum atomic E-state index is -0.225. The molecule has 1 saturated carbocycles. The summed E-state index contributed by atoms with van der Waals surface area (Å²) in [5, 5.41) is 4.80. The summed E-state index contributed by atoms with van der Waals surface area (Å²) in [5.74, 6) is 2.46. The Morgan fingerprint density at radius 2 is 1.84 bits per heavy atom. The van der Waals surface area contributed by atoms with Crippen LogP contribution in [0.15, 0.2) is 83.4 Å². The Morgan fingerprint density at radius 1 is 1.03 bits per heavy atom. The number of thiocarbonyl (C=S) groups is 1. The maximum Gasteiger partial charge on any atom is 0.174 e. The summed E-state index contributed by atoms with van der Waals surface area (Å²) in [6.07, 6.45) is 6.86. The number of pyridine rings is 1. The van der Waals surface area contributed by atoms with E-state index in [9.17, 15) is 0 Å². The van der Waals surface area contributed by atoms with E-state index in [2.05, 4.69) is 34.3 Å². The molecule has 37 heavy (non-hydrogen) atoms. The lowest BCUT2D eigenvalue weighted by atomic mass is 10.0. The summed E-state index contributed by atoms with van der Waals surface area (Å²) >= 11 is 12.2. The van der Waals surface area contributed by atoms with E-state index in [1.54, 1.807) is 6.20 Å². The van der Waals surface area contributed by atoms with Gasteiger partial charge in [-0.2, -0.15) is 0 Å². The first-order valence-electron chi connectivity index (χ1n) is 12.7. The second-order valence-electron chi connectivity index (χ2n) is 9.68. The van der Waals surface area contributed by atoms with E-state index in [1.165, 1.54) is 12.8 Å². The zero-order chi connectivity index (χ0) is 25.4. The van der Waals surface area contributed by atoms with Gasteiger partial charge in [-0.3, -0.25) is 4.98 Å². The van der Waals surface area contributed by atoms with E-state index in [1.807, 2.05) is 60.7 Å². The molecular formula is C30H28ClN3O2S. The molecule has 2 aromatic heterocycles. The number of anilines is 1. The lowest BCUT2D eigenvalue weighted by Gasteiger charge is -2.26. The number of rotatable bonds is 6. The molecule has 4 aromatic rings. The van der Waals surface area contributed by atoms with Gasteiger partial charge in [-0.15, -0.1) is 0 Å². The third-order valence-corrected chi connectivity index (χ3v) is 7.75. The molecule has 1 saturated heterocycles. The van der Waals surface area contributed by atoms with Crippen molar-refractivity contribution in [1.82, 2.24) is 10.3 Å². The molecule has 0 spiro atoms. The Balaban J connectivity index is 1.36. The quantitative estimate of drug-likeness (QED) is 0.257. The fourth-order valence-electron chi connectivity index (χ4n) is 5.32. The fraction of sp³-hybridized carbons (Fsp3) is 0.267. The van der Waals surface area contributed by atoms with Crippen LogP contribution < -0.4 is 15.0 Å². The first-order chi connectivity index (χ1) is 18.1. The fourth-order valence-corrected chi connectivity index (χ4v) is 5.84. The van der Waals surface area contributed by atoms with Gasteiger partial charge in [-0.05, 0) is 111 Å². The lowest BCUT2D eigenvalue weighted by Crippen LogP contribution is -2.29. The number of aromatic nitrogens is 1. The molecule has 7 heteroatoms. The smallest absolute Gasteiger partial charge is 0.174 e. The van der Waals surface area contributed by atoms with Crippen molar-refractivity contribution in [2.45, 2.75) is 50.8 Å². The SMILES string of the molecule is Cc1ccc(Cl)cc1-c1ccc([C@@H]2[C@H](c3ccccn3)NC(=S)N2c2ccc(OC3CCCC3)cc2)o1. The number of furan rings is 1. The predicted octanol–water partition coefficient (Wildman–Crippen LogP) is 7.80. The van der Waals surface area contributed by atoms with Crippen LogP contribution in [-0.4, -0.2) is 16.2 Å². The molecule has 188 valence electrons. The van der Waals surface area contributed by atoms with Gasteiger partial charge in [-0.1, -0.05) is 23.7 Å². The zero-order valence-corrected chi connectivity index (χ0v) is 22.1. The monoisotopic (exact) mass is 529 g/mol. The first kappa shape index (κ1) is 24.0. The molecule has 1 aliphatic heterocycles. The van der Waals surface area contributed by atoms with Gasteiger partial charge in [0.2, 0.25) is 0 Å². The number of aryl methyl sites for hydroxylation is 1. The van der Waals surface area contributed by atoms with Crippen LogP contribution in [0.4, 0.5) is 5.69 Å². The Kier molecular flexibility index (Phi) is 6.61. The van der Waals surface area contributed by atoms with Crippen LogP contribution in [-0.2, 0) is 0 Å².